The number of hydrogen-bond acceptors (Lipinski definition) is 6. The molecule has 0 aliphatic carbocycles. The molecular formula is C38H33ClN4O5. The number of nitrogens with one attached hydrogen (secondary N) is 2. The first-order valence-corrected chi connectivity index (χ1v) is 15.4. The third-order valence-electron chi connectivity index (χ3n) is 7.66. The zero-order chi connectivity index (χ0) is 34.0. The van der Waals surface area contributed by atoms with Crippen LogP contribution in [0.4, 0.5) is 5.82 Å². The number of amides is 2. The van der Waals surface area contributed by atoms with Crippen molar-refractivity contribution in [3.63, 3.8) is 0 Å². The van der Waals surface area contributed by atoms with Crippen LogP contribution >= 0.6 is 11.6 Å². The first kappa shape index (κ1) is 33.6. The molecule has 0 fully saturated rings. The monoisotopic (exact) mass is 660 g/mol. The average molecular weight is 661 g/mol. The van der Waals surface area contributed by atoms with E-state index >= 15 is 0 Å². The summed E-state index contributed by atoms with van der Waals surface area (Å²) in [5.74, 6) is 0.331. The second kappa shape index (κ2) is 15.7. The highest BCUT2D eigenvalue weighted by molar-refractivity contribution is 6.30. The molecule has 48 heavy (non-hydrogen) atoms. The van der Waals surface area contributed by atoms with Crippen LogP contribution in [0.15, 0.2) is 121 Å². The Morgan fingerprint density at radius 2 is 1.50 bits per heavy atom. The lowest BCUT2D eigenvalue weighted by Gasteiger charge is -2.08. The summed E-state index contributed by atoms with van der Waals surface area (Å²) >= 11 is 5.90. The minimum absolute atomic E-state index is 0.0626. The molecule has 2 heterocycles. The molecule has 10 heteroatoms. The molecule has 0 spiro atoms. The minimum atomic E-state index is -0.561. The van der Waals surface area contributed by atoms with Gasteiger partial charge in [0, 0.05) is 27.9 Å². The predicted molar refractivity (Wildman–Crippen MR) is 186 cm³/mol. The molecule has 6 rings (SSSR count). The molecule has 4 aromatic carbocycles. The van der Waals surface area contributed by atoms with Crippen LogP contribution in [0.3, 0.4) is 0 Å². The molecule has 0 bridgehead atoms. The van der Waals surface area contributed by atoms with Gasteiger partial charge in [-0.05, 0) is 83.8 Å². The van der Waals surface area contributed by atoms with Crippen LogP contribution < -0.4 is 15.5 Å². The van der Waals surface area contributed by atoms with Gasteiger partial charge in [0.25, 0.3) is 5.91 Å². The summed E-state index contributed by atoms with van der Waals surface area (Å²) in [7, 11) is 1.55. The second-order valence-corrected chi connectivity index (χ2v) is 11.2. The van der Waals surface area contributed by atoms with Crippen LogP contribution in [0.1, 0.15) is 27.2 Å². The number of hydroxylamine groups is 1. The summed E-state index contributed by atoms with van der Waals surface area (Å²) in [5, 5.41) is 12.9. The van der Waals surface area contributed by atoms with Gasteiger partial charge in [-0.3, -0.25) is 24.2 Å². The summed E-state index contributed by atoms with van der Waals surface area (Å²) in [5.41, 5.74) is 7.33. The number of carbonyl (C=O) groups is 3. The van der Waals surface area contributed by atoms with Crippen LogP contribution in [0.25, 0.3) is 22.0 Å². The van der Waals surface area contributed by atoms with E-state index in [0.29, 0.717) is 50.7 Å². The van der Waals surface area contributed by atoms with Crippen molar-refractivity contribution >= 4 is 46.0 Å². The third-order valence-corrected chi connectivity index (χ3v) is 7.91. The quantitative estimate of drug-likeness (QED) is 0.117. The summed E-state index contributed by atoms with van der Waals surface area (Å²) in [6.07, 6.45) is 1.93. The fourth-order valence-electron chi connectivity index (χ4n) is 5.25. The Hall–Kier alpha value is -5.77. The average Bonchev–Trinajstić information content (AvgIpc) is 3.39. The number of benzene rings is 4. The first-order chi connectivity index (χ1) is 23.3. The molecule has 0 radical (unpaired) electrons. The normalized spacial score (nSPS) is 10.5. The Morgan fingerprint density at radius 3 is 2.15 bits per heavy atom. The maximum absolute atomic E-state index is 13.1. The summed E-state index contributed by atoms with van der Waals surface area (Å²) in [6.45, 7) is 1.76. The molecule has 0 atom stereocenters. The largest absolute Gasteiger partial charge is 0.497 e. The topological polar surface area (TPSA) is 123 Å². The van der Waals surface area contributed by atoms with E-state index in [1.54, 1.807) is 78.8 Å². The highest BCUT2D eigenvalue weighted by Crippen LogP contribution is 2.31. The third kappa shape index (κ3) is 8.14. The number of halogens is 1. The van der Waals surface area contributed by atoms with Gasteiger partial charge in [0.05, 0.1) is 25.5 Å². The van der Waals surface area contributed by atoms with Crippen molar-refractivity contribution in [1.29, 1.82) is 0 Å². The van der Waals surface area contributed by atoms with Gasteiger partial charge in [0.15, 0.2) is 0 Å². The van der Waals surface area contributed by atoms with Crippen molar-refractivity contribution in [3.8, 4) is 16.9 Å². The summed E-state index contributed by atoms with van der Waals surface area (Å²) < 4.78 is 6.81. The van der Waals surface area contributed by atoms with Gasteiger partial charge in [-0.1, -0.05) is 72.3 Å². The second-order valence-electron chi connectivity index (χ2n) is 10.8. The predicted octanol–water partition coefficient (Wildman–Crippen LogP) is 7.28. The molecule has 2 aromatic heterocycles. The van der Waals surface area contributed by atoms with Crippen molar-refractivity contribution in [2.75, 3.05) is 12.4 Å². The van der Waals surface area contributed by atoms with Crippen molar-refractivity contribution in [2.45, 2.75) is 19.8 Å². The van der Waals surface area contributed by atoms with Crippen LogP contribution in [0, 0.1) is 6.92 Å². The van der Waals surface area contributed by atoms with Crippen molar-refractivity contribution in [3.05, 3.63) is 149 Å². The van der Waals surface area contributed by atoms with Gasteiger partial charge in [0.2, 0.25) is 11.8 Å². The minimum Gasteiger partial charge on any atom is -0.497 e. The lowest BCUT2D eigenvalue weighted by atomic mass is 10.0. The number of rotatable bonds is 8. The van der Waals surface area contributed by atoms with Crippen LogP contribution in [-0.4, -0.2) is 39.6 Å². The molecule has 6 aromatic rings. The van der Waals surface area contributed by atoms with Gasteiger partial charge >= 0.3 is 0 Å². The number of methoxy groups -OCH3 is 1. The Kier molecular flexibility index (Phi) is 11.0. The van der Waals surface area contributed by atoms with Gasteiger partial charge in [-0.15, -0.1) is 0 Å². The van der Waals surface area contributed by atoms with E-state index < -0.39 is 5.91 Å². The lowest BCUT2D eigenvalue weighted by molar-refractivity contribution is -0.128. The Morgan fingerprint density at radius 1 is 0.812 bits per heavy atom. The summed E-state index contributed by atoms with van der Waals surface area (Å²) in [4.78, 5) is 40.8. The number of aromatic nitrogens is 2. The highest BCUT2D eigenvalue weighted by Gasteiger charge is 2.22. The molecule has 0 aliphatic rings. The molecule has 0 saturated carbocycles. The molecule has 3 N–H and O–H groups in total. The number of hydrogen-bond donors (Lipinski definition) is 3. The van der Waals surface area contributed by atoms with E-state index in [0.717, 1.165) is 11.1 Å². The molecule has 9 nitrogen and oxygen atoms in total. The number of pyridine rings is 1. The maximum Gasteiger partial charge on any atom is 0.262 e. The molecule has 0 saturated heterocycles. The zero-order valence-electron chi connectivity index (χ0n) is 26.3. The van der Waals surface area contributed by atoms with E-state index in [1.165, 1.54) is 5.56 Å². The Bertz CT molecular complexity index is 2030. The van der Waals surface area contributed by atoms with Gasteiger partial charge in [-0.25, -0.2) is 10.5 Å². The fourth-order valence-corrected chi connectivity index (χ4v) is 5.38. The van der Waals surface area contributed by atoms with E-state index in [-0.39, 0.29) is 18.2 Å². The molecule has 0 unspecified atom stereocenters. The maximum atomic E-state index is 13.1. The molecule has 0 aliphatic heterocycles. The van der Waals surface area contributed by atoms with Crippen molar-refractivity contribution in [2.24, 2.45) is 0 Å². The van der Waals surface area contributed by atoms with E-state index in [9.17, 15) is 14.4 Å². The van der Waals surface area contributed by atoms with E-state index in [1.807, 2.05) is 54.6 Å². The van der Waals surface area contributed by atoms with Crippen molar-refractivity contribution < 1.29 is 24.3 Å². The van der Waals surface area contributed by atoms with Crippen LogP contribution in [0.5, 0.6) is 5.75 Å². The van der Waals surface area contributed by atoms with Gasteiger partial charge in [-0.2, -0.15) is 0 Å². The Balaban J connectivity index is 0.000000190. The fraction of sp³-hybridized carbons (Fsp3) is 0.105. The molecule has 242 valence electrons. The number of ether oxygens (including phenoxy) is 1. The van der Waals surface area contributed by atoms with Gasteiger partial charge in [0.1, 0.15) is 11.6 Å². The standard InChI is InChI=1S/C19H17ClN2O4.C19H16N2O/c1-11-15(10-18(23)21-25)16-9-14(26-2)7-8-17(16)22(11)19(24)12-3-5-13(20)6-4-12;22-19(21-18-8-4-5-13-20-18)14-15-9-11-17(12-10-15)16-6-2-1-3-7-16/h3-9,25H,10H2,1-2H3,(H,21,23);1-13H,14H2,(H,20,21,22). The zero-order valence-corrected chi connectivity index (χ0v) is 27.1. The number of fused-ring (bicyclic) bond motifs is 1. The lowest BCUT2D eigenvalue weighted by Crippen LogP contribution is -2.21. The SMILES string of the molecule is COc1ccc2c(c1)c(CC(=O)NO)c(C)n2C(=O)c1ccc(Cl)cc1.O=C(Cc1ccc(-c2ccccc2)cc1)Nc1ccccn1. The number of anilines is 1. The number of nitrogens with zero attached hydrogens (tertiary/aromatic N) is 2. The van der Waals surface area contributed by atoms with E-state index in [4.69, 9.17) is 21.5 Å². The van der Waals surface area contributed by atoms with Crippen LogP contribution in [-0.2, 0) is 22.4 Å². The smallest absolute Gasteiger partial charge is 0.262 e. The highest BCUT2D eigenvalue weighted by atomic mass is 35.5. The number of carbonyl (C=O) groups excluding carboxylic acids is 3. The van der Waals surface area contributed by atoms with Gasteiger partial charge < -0.3 is 10.1 Å². The van der Waals surface area contributed by atoms with Crippen molar-refractivity contribution in [1.82, 2.24) is 15.0 Å². The molecule has 2 amide bonds. The summed E-state index contributed by atoms with van der Waals surface area (Å²) in [6, 6.07) is 35.6. The first-order valence-electron chi connectivity index (χ1n) is 15.0. The molecular weight excluding hydrogens is 628 g/mol. The van der Waals surface area contributed by atoms with E-state index in [2.05, 4.69) is 22.4 Å². The van der Waals surface area contributed by atoms with Crippen LogP contribution in [0.2, 0.25) is 5.02 Å². The Labute approximate surface area is 282 Å².